The summed E-state index contributed by atoms with van der Waals surface area (Å²) in [5.41, 5.74) is 3.43. The number of halogens is 1. The highest BCUT2D eigenvalue weighted by molar-refractivity contribution is 6.39. The van der Waals surface area contributed by atoms with Crippen molar-refractivity contribution in [2.45, 2.75) is 26.3 Å². The summed E-state index contributed by atoms with van der Waals surface area (Å²) >= 11 is 0. The van der Waals surface area contributed by atoms with Crippen LogP contribution in [0.1, 0.15) is 29.7 Å². The minimum Gasteiger partial charge on any atom is -0.327 e. The van der Waals surface area contributed by atoms with Crippen molar-refractivity contribution in [1.82, 2.24) is 4.90 Å². The quantitative estimate of drug-likeness (QED) is 0.818. The molecule has 1 atom stereocenters. The zero-order valence-corrected chi connectivity index (χ0v) is 13.7. The van der Waals surface area contributed by atoms with Gasteiger partial charge in [0.15, 0.2) is 0 Å². The average molecular weight is 326 g/mol. The molecule has 1 unspecified atom stereocenters. The molecule has 1 N–H and O–H groups in total. The van der Waals surface area contributed by atoms with E-state index in [4.69, 9.17) is 0 Å². The van der Waals surface area contributed by atoms with Crippen molar-refractivity contribution in [2.24, 2.45) is 0 Å². The Morgan fingerprint density at radius 3 is 2.58 bits per heavy atom. The first-order valence-corrected chi connectivity index (χ1v) is 7.92. The Hall–Kier alpha value is -2.69. The van der Waals surface area contributed by atoms with Gasteiger partial charge in [0.25, 0.3) is 0 Å². The molecular weight excluding hydrogens is 307 g/mol. The van der Waals surface area contributed by atoms with E-state index in [0.717, 1.165) is 16.7 Å². The number of benzene rings is 2. The van der Waals surface area contributed by atoms with Gasteiger partial charge in [0.05, 0.1) is 6.04 Å². The Labute approximate surface area is 140 Å². The topological polar surface area (TPSA) is 49.4 Å². The normalized spacial score (nSPS) is 16.5. The number of hydrogen-bond donors (Lipinski definition) is 1. The fourth-order valence-electron chi connectivity index (χ4n) is 3.01. The van der Waals surface area contributed by atoms with Crippen molar-refractivity contribution in [2.75, 3.05) is 11.9 Å². The molecule has 1 aliphatic heterocycles. The maximum Gasteiger partial charge on any atom is 0.313 e. The highest BCUT2D eigenvalue weighted by Crippen LogP contribution is 2.30. The highest BCUT2D eigenvalue weighted by Gasteiger charge is 2.31. The third-order valence-electron chi connectivity index (χ3n) is 4.41. The van der Waals surface area contributed by atoms with Gasteiger partial charge in [-0.2, -0.15) is 0 Å². The van der Waals surface area contributed by atoms with Gasteiger partial charge in [-0.15, -0.1) is 0 Å². The molecule has 0 fully saturated rings. The van der Waals surface area contributed by atoms with E-state index in [1.54, 1.807) is 18.2 Å². The second-order valence-corrected chi connectivity index (χ2v) is 6.09. The zero-order chi connectivity index (χ0) is 17.3. The fourth-order valence-corrected chi connectivity index (χ4v) is 3.01. The second-order valence-electron chi connectivity index (χ2n) is 6.09. The van der Waals surface area contributed by atoms with Crippen LogP contribution in [0.15, 0.2) is 42.5 Å². The van der Waals surface area contributed by atoms with Crippen LogP contribution in [0.3, 0.4) is 0 Å². The van der Waals surface area contributed by atoms with Gasteiger partial charge in [0, 0.05) is 12.2 Å². The maximum absolute atomic E-state index is 13.5. The Morgan fingerprint density at radius 1 is 1.17 bits per heavy atom. The van der Waals surface area contributed by atoms with Crippen molar-refractivity contribution in [3.63, 3.8) is 0 Å². The summed E-state index contributed by atoms with van der Waals surface area (Å²) in [6.45, 7) is 4.21. The van der Waals surface area contributed by atoms with E-state index >= 15 is 0 Å². The van der Waals surface area contributed by atoms with E-state index in [9.17, 15) is 14.0 Å². The largest absolute Gasteiger partial charge is 0.327 e. The Morgan fingerprint density at radius 2 is 1.88 bits per heavy atom. The van der Waals surface area contributed by atoms with Crippen molar-refractivity contribution in [1.29, 1.82) is 0 Å². The molecule has 0 aromatic heterocycles. The van der Waals surface area contributed by atoms with Crippen molar-refractivity contribution < 1.29 is 14.0 Å². The number of rotatable bonds is 1. The summed E-state index contributed by atoms with van der Waals surface area (Å²) in [5.74, 6) is -1.61. The Balaban J connectivity index is 1.75. The van der Waals surface area contributed by atoms with Gasteiger partial charge in [-0.05, 0) is 55.7 Å². The lowest BCUT2D eigenvalue weighted by Gasteiger charge is -2.34. The molecule has 0 saturated carbocycles. The van der Waals surface area contributed by atoms with Gasteiger partial charge in [0.1, 0.15) is 5.82 Å². The lowest BCUT2D eigenvalue weighted by Crippen LogP contribution is -2.44. The monoisotopic (exact) mass is 326 g/mol. The molecule has 0 spiro atoms. The molecule has 5 heteroatoms. The molecule has 1 heterocycles. The molecule has 0 saturated heterocycles. The number of nitrogens with one attached hydrogen (secondary N) is 1. The molecular formula is C19H19FN2O2. The molecule has 0 aliphatic carbocycles. The molecule has 1 aliphatic rings. The average Bonchev–Trinajstić information content (AvgIpc) is 2.57. The van der Waals surface area contributed by atoms with E-state index in [2.05, 4.69) is 5.32 Å². The number of fused-ring (bicyclic) bond motifs is 1. The van der Waals surface area contributed by atoms with Gasteiger partial charge in [-0.1, -0.05) is 23.8 Å². The Bertz CT molecular complexity index is 786. The molecule has 4 nitrogen and oxygen atoms in total. The third kappa shape index (κ3) is 3.15. The summed E-state index contributed by atoms with van der Waals surface area (Å²) in [6.07, 6.45) is 0.615. The lowest BCUT2D eigenvalue weighted by molar-refractivity contribution is -0.145. The van der Waals surface area contributed by atoms with Crippen LogP contribution in [0.5, 0.6) is 0 Å². The summed E-state index contributed by atoms with van der Waals surface area (Å²) in [5, 5.41) is 2.62. The minimum atomic E-state index is -0.675. The standard InChI is InChI=1S/C19H19FN2O2/c1-12-3-7-16(8-4-12)21-18(23)19(24)22-10-9-14-5-6-15(20)11-17(14)13(22)2/h3-8,11,13H,9-10H2,1-2H3,(H,21,23). The first-order valence-electron chi connectivity index (χ1n) is 7.92. The second kappa shape index (κ2) is 6.43. The van der Waals surface area contributed by atoms with E-state index in [1.807, 2.05) is 26.0 Å². The van der Waals surface area contributed by atoms with Crippen LogP contribution in [0.25, 0.3) is 0 Å². The summed E-state index contributed by atoms with van der Waals surface area (Å²) in [4.78, 5) is 26.2. The fraction of sp³-hybridized carbons (Fsp3) is 0.263. The third-order valence-corrected chi connectivity index (χ3v) is 4.41. The van der Waals surface area contributed by atoms with Crippen LogP contribution in [-0.2, 0) is 16.0 Å². The number of carbonyl (C=O) groups excluding carboxylic acids is 2. The molecule has 2 aromatic carbocycles. The number of hydrogen-bond acceptors (Lipinski definition) is 2. The van der Waals surface area contributed by atoms with E-state index in [0.29, 0.717) is 18.7 Å². The molecule has 3 rings (SSSR count). The van der Waals surface area contributed by atoms with Crippen LogP contribution in [-0.4, -0.2) is 23.3 Å². The molecule has 0 radical (unpaired) electrons. The first-order chi connectivity index (χ1) is 11.5. The van der Waals surface area contributed by atoms with Crippen molar-refractivity contribution >= 4 is 17.5 Å². The number of amides is 2. The predicted molar refractivity (Wildman–Crippen MR) is 90.0 cm³/mol. The zero-order valence-electron chi connectivity index (χ0n) is 13.7. The van der Waals surface area contributed by atoms with Crippen molar-refractivity contribution in [3.8, 4) is 0 Å². The van der Waals surface area contributed by atoms with Crippen LogP contribution >= 0.6 is 0 Å². The van der Waals surface area contributed by atoms with Crippen LogP contribution in [0.4, 0.5) is 10.1 Å². The van der Waals surface area contributed by atoms with Gasteiger partial charge in [0.2, 0.25) is 0 Å². The lowest BCUT2D eigenvalue weighted by atomic mass is 9.93. The minimum absolute atomic E-state index is 0.333. The summed E-state index contributed by atoms with van der Waals surface area (Å²) in [6, 6.07) is 11.5. The van der Waals surface area contributed by atoms with Gasteiger partial charge < -0.3 is 10.2 Å². The van der Waals surface area contributed by atoms with E-state index in [1.165, 1.54) is 17.0 Å². The molecule has 2 aromatic rings. The van der Waals surface area contributed by atoms with Crippen LogP contribution in [0.2, 0.25) is 0 Å². The first kappa shape index (κ1) is 16.2. The summed E-state index contributed by atoms with van der Waals surface area (Å²) < 4.78 is 13.5. The predicted octanol–water partition coefficient (Wildman–Crippen LogP) is 3.22. The summed E-state index contributed by atoms with van der Waals surface area (Å²) in [7, 11) is 0. The SMILES string of the molecule is Cc1ccc(NC(=O)C(=O)N2CCc3ccc(F)cc3C2C)cc1. The van der Waals surface area contributed by atoms with Crippen LogP contribution in [0, 0.1) is 12.7 Å². The molecule has 2 amide bonds. The van der Waals surface area contributed by atoms with Gasteiger partial charge >= 0.3 is 11.8 Å². The van der Waals surface area contributed by atoms with E-state index in [-0.39, 0.29) is 11.9 Å². The van der Waals surface area contributed by atoms with E-state index < -0.39 is 11.8 Å². The van der Waals surface area contributed by atoms with Gasteiger partial charge in [-0.3, -0.25) is 9.59 Å². The van der Waals surface area contributed by atoms with Crippen molar-refractivity contribution in [3.05, 3.63) is 65.0 Å². The number of aryl methyl sites for hydroxylation is 1. The number of carbonyl (C=O) groups is 2. The smallest absolute Gasteiger partial charge is 0.313 e. The highest BCUT2D eigenvalue weighted by atomic mass is 19.1. The van der Waals surface area contributed by atoms with Gasteiger partial charge in [-0.25, -0.2) is 4.39 Å². The Kier molecular flexibility index (Phi) is 4.34. The maximum atomic E-state index is 13.5. The molecule has 24 heavy (non-hydrogen) atoms. The van der Waals surface area contributed by atoms with Crippen LogP contribution < -0.4 is 5.32 Å². The number of anilines is 1. The molecule has 0 bridgehead atoms. The molecule has 124 valence electrons. The number of nitrogens with zero attached hydrogens (tertiary/aromatic N) is 1.